The van der Waals surface area contributed by atoms with Crippen molar-refractivity contribution in [3.8, 4) is 0 Å². The van der Waals surface area contributed by atoms with Gasteiger partial charge in [0.15, 0.2) is 0 Å². The molecular formula is C33H46N10O6. The molecule has 1 saturated heterocycles. The molecule has 16 heteroatoms. The number of anilines is 5. The maximum absolute atomic E-state index is 12.4. The van der Waals surface area contributed by atoms with Crippen LogP contribution >= 0.6 is 0 Å². The number of ether oxygens (including phenoxy) is 2. The van der Waals surface area contributed by atoms with Gasteiger partial charge in [0, 0.05) is 68.8 Å². The van der Waals surface area contributed by atoms with Crippen LogP contribution in [0.15, 0.2) is 48.5 Å². The number of nitrogens with two attached hydrogens (primary N) is 1. The van der Waals surface area contributed by atoms with Crippen LogP contribution in [-0.2, 0) is 20.7 Å². The lowest BCUT2D eigenvalue weighted by atomic mass is 9.93. The number of rotatable bonds is 17. The van der Waals surface area contributed by atoms with Crippen molar-refractivity contribution in [1.29, 1.82) is 0 Å². The number of nitrogens with one attached hydrogen (secondary N) is 3. The molecule has 1 aliphatic heterocycles. The predicted molar refractivity (Wildman–Crippen MR) is 186 cm³/mol. The van der Waals surface area contributed by atoms with Gasteiger partial charge >= 0.3 is 0 Å². The Morgan fingerprint density at radius 3 is 2.20 bits per heavy atom. The van der Waals surface area contributed by atoms with Gasteiger partial charge in [-0.3, -0.25) is 14.9 Å². The number of aliphatic hydroxyl groups is 1. The van der Waals surface area contributed by atoms with Crippen molar-refractivity contribution in [2.75, 3.05) is 86.1 Å². The fourth-order valence-corrected chi connectivity index (χ4v) is 5.73. The Morgan fingerprint density at radius 1 is 0.878 bits per heavy atom. The zero-order chi connectivity index (χ0) is 34.4. The van der Waals surface area contributed by atoms with E-state index in [1.807, 2.05) is 24.3 Å². The topological polar surface area (TPSA) is 206 Å². The van der Waals surface area contributed by atoms with E-state index in [1.165, 1.54) is 12.1 Å². The van der Waals surface area contributed by atoms with Gasteiger partial charge in [0.1, 0.15) is 0 Å². The molecule has 2 aromatic carbocycles. The lowest BCUT2D eigenvalue weighted by Gasteiger charge is -2.36. The SMILES string of the molecule is NCCOCCOCCNC(=O)Cc1ccc(Nc2nc(NC3CCC(O)CC3)nc(N3CCN(c4ccc([N+](=O)[O-])cc4)CC3)n2)cc1. The zero-order valence-electron chi connectivity index (χ0n) is 27.6. The molecule has 0 radical (unpaired) electrons. The molecule has 1 aromatic heterocycles. The van der Waals surface area contributed by atoms with Gasteiger partial charge in [0.2, 0.25) is 23.8 Å². The van der Waals surface area contributed by atoms with E-state index in [1.54, 1.807) is 12.1 Å². The van der Waals surface area contributed by atoms with E-state index < -0.39 is 4.92 Å². The van der Waals surface area contributed by atoms with Gasteiger partial charge in [-0.15, -0.1) is 0 Å². The first kappa shape index (κ1) is 35.7. The standard InChI is InChI=1S/C33H46N10O6/c34-13-19-48-21-22-49-20-14-35-30(45)23-24-1-3-25(4-2-24)36-31-38-32(37-26-5-11-29(44)12-6-26)40-33(39-31)42-17-15-41(16-18-42)27-7-9-28(10-8-27)43(46)47/h1-4,7-10,26,29,44H,5-6,11-23,34H2,(H,35,45)(H2,36,37,38,39,40). The fourth-order valence-electron chi connectivity index (χ4n) is 5.73. The summed E-state index contributed by atoms with van der Waals surface area (Å²) in [7, 11) is 0. The highest BCUT2D eigenvalue weighted by Gasteiger charge is 2.24. The number of nitrogens with zero attached hydrogens (tertiary/aromatic N) is 6. The molecule has 5 rings (SSSR count). The largest absolute Gasteiger partial charge is 0.393 e. The van der Waals surface area contributed by atoms with E-state index in [-0.39, 0.29) is 30.2 Å². The second kappa shape index (κ2) is 18.2. The van der Waals surface area contributed by atoms with Crippen molar-refractivity contribution in [1.82, 2.24) is 20.3 Å². The van der Waals surface area contributed by atoms with Crippen molar-refractivity contribution in [3.05, 3.63) is 64.2 Å². The molecule has 16 nitrogen and oxygen atoms in total. The molecule has 3 aromatic rings. The van der Waals surface area contributed by atoms with Crippen LogP contribution in [0.25, 0.3) is 0 Å². The van der Waals surface area contributed by atoms with Crippen LogP contribution in [-0.4, -0.2) is 109 Å². The molecule has 2 aliphatic rings. The van der Waals surface area contributed by atoms with Crippen LogP contribution in [0.2, 0.25) is 0 Å². The number of nitro groups is 1. The molecule has 1 aliphatic carbocycles. The summed E-state index contributed by atoms with van der Waals surface area (Å²) in [6.45, 7) is 5.44. The van der Waals surface area contributed by atoms with Crippen molar-refractivity contribution in [3.63, 3.8) is 0 Å². The average molecular weight is 679 g/mol. The number of amides is 1. The van der Waals surface area contributed by atoms with Gasteiger partial charge in [-0.05, 0) is 55.5 Å². The van der Waals surface area contributed by atoms with Gasteiger partial charge in [0.25, 0.3) is 5.69 Å². The van der Waals surface area contributed by atoms with Crippen LogP contribution in [0.1, 0.15) is 31.2 Å². The number of nitro benzene ring substituents is 1. The van der Waals surface area contributed by atoms with Crippen LogP contribution in [0, 0.1) is 10.1 Å². The average Bonchev–Trinajstić information content (AvgIpc) is 3.11. The van der Waals surface area contributed by atoms with Gasteiger partial charge in [-0.25, -0.2) is 0 Å². The van der Waals surface area contributed by atoms with Gasteiger partial charge in [0.05, 0.1) is 43.9 Å². The van der Waals surface area contributed by atoms with E-state index >= 15 is 0 Å². The van der Waals surface area contributed by atoms with Crippen molar-refractivity contribution < 1.29 is 24.3 Å². The number of carbonyl (C=O) groups is 1. The fraction of sp³-hybridized carbons (Fsp3) is 0.515. The molecule has 1 amide bonds. The van der Waals surface area contributed by atoms with Gasteiger partial charge in [-0.1, -0.05) is 12.1 Å². The molecule has 0 spiro atoms. The Morgan fingerprint density at radius 2 is 1.53 bits per heavy atom. The molecule has 0 atom stereocenters. The monoisotopic (exact) mass is 678 g/mol. The Labute approximate surface area is 285 Å². The third-order valence-corrected chi connectivity index (χ3v) is 8.42. The Hall–Kier alpha value is -4.64. The van der Waals surface area contributed by atoms with E-state index in [4.69, 9.17) is 25.2 Å². The van der Waals surface area contributed by atoms with E-state index in [0.29, 0.717) is 83.5 Å². The molecule has 1 saturated carbocycles. The molecule has 2 heterocycles. The highest BCUT2D eigenvalue weighted by Crippen LogP contribution is 2.25. The highest BCUT2D eigenvalue weighted by molar-refractivity contribution is 5.78. The normalized spacial score (nSPS) is 17.8. The number of non-ortho nitro benzene ring substituents is 1. The van der Waals surface area contributed by atoms with E-state index in [0.717, 1.165) is 42.6 Å². The number of hydrogen-bond donors (Lipinski definition) is 5. The minimum absolute atomic E-state index is 0.0682. The van der Waals surface area contributed by atoms with E-state index in [2.05, 4.69) is 30.7 Å². The van der Waals surface area contributed by atoms with Crippen LogP contribution in [0.4, 0.5) is 34.9 Å². The highest BCUT2D eigenvalue weighted by atomic mass is 16.6. The number of piperazine rings is 1. The summed E-state index contributed by atoms with van der Waals surface area (Å²) in [5.74, 6) is 1.30. The Kier molecular flexibility index (Phi) is 13.3. The number of aliphatic hydroxyl groups excluding tert-OH is 1. The first-order valence-electron chi connectivity index (χ1n) is 16.8. The number of hydrogen-bond acceptors (Lipinski definition) is 14. The first-order valence-corrected chi connectivity index (χ1v) is 16.8. The first-order chi connectivity index (χ1) is 23.9. The molecule has 0 unspecified atom stereocenters. The summed E-state index contributed by atoms with van der Waals surface area (Å²) in [6, 6.07) is 14.3. The minimum atomic E-state index is -0.397. The molecule has 0 bridgehead atoms. The second-order valence-corrected chi connectivity index (χ2v) is 12.0. The second-order valence-electron chi connectivity index (χ2n) is 12.0. The molecule has 49 heavy (non-hydrogen) atoms. The molecular weight excluding hydrogens is 632 g/mol. The summed E-state index contributed by atoms with van der Waals surface area (Å²) in [6.07, 6.45) is 3.09. The third-order valence-electron chi connectivity index (χ3n) is 8.42. The Bertz CT molecular complexity index is 1480. The van der Waals surface area contributed by atoms with Crippen molar-refractivity contribution in [2.45, 2.75) is 44.2 Å². The van der Waals surface area contributed by atoms with Crippen molar-refractivity contribution >= 4 is 40.8 Å². The van der Waals surface area contributed by atoms with Crippen LogP contribution in [0.3, 0.4) is 0 Å². The Balaban J connectivity index is 1.18. The van der Waals surface area contributed by atoms with Crippen molar-refractivity contribution in [2.24, 2.45) is 5.73 Å². The number of benzene rings is 2. The lowest BCUT2D eigenvalue weighted by molar-refractivity contribution is -0.384. The van der Waals surface area contributed by atoms with Gasteiger partial charge < -0.3 is 46.1 Å². The van der Waals surface area contributed by atoms with Crippen LogP contribution in [0.5, 0.6) is 0 Å². The smallest absolute Gasteiger partial charge is 0.269 e. The van der Waals surface area contributed by atoms with Crippen LogP contribution < -0.4 is 31.5 Å². The number of carbonyl (C=O) groups excluding carboxylic acids is 1. The minimum Gasteiger partial charge on any atom is -0.393 e. The summed E-state index contributed by atoms with van der Waals surface area (Å²) in [4.78, 5) is 41.6. The van der Waals surface area contributed by atoms with Gasteiger partial charge in [-0.2, -0.15) is 15.0 Å². The quantitative estimate of drug-likeness (QED) is 0.0789. The molecule has 2 fully saturated rings. The maximum Gasteiger partial charge on any atom is 0.269 e. The molecule has 264 valence electrons. The lowest BCUT2D eigenvalue weighted by Crippen LogP contribution is -2.47. The third kappa shape index (κ3) is 11.2. The summed E-state index contributed by atoms with van der Waals surface area (Å²) in [5.41, 5.74) is 8.01. The maximum atomic E-state index is 12.4. The summed E-state index contributed by atoms with van der Waals surface area (Å²) >= 11 is 0. The van der Waals surface area contributed by atoms with E-state index in [9.17, 15) is 20.0 Å². The molecule has 6 N–H and O–H groups in total. The number of aromatic nitrogens is 3. The summed E-state index contributed by atoms with van der Waals surface area (Å²) in [5, 5.41) is 30.6. The zero-order valence-corrected chi connectivity index (χ0v) is 27.6. The summed E-state index contributed by atoms with van der Waals surface area (Å²) < 4.78 is 10.7. The predicted octanol–water partition coefficient (Wildman–Crippen LogP) is 2.22.